The van der Waals surface area contributed by atoms with Crippen molar-refractivity contribution < 1.29 is 4.79 Å². The fourth-order valence-corrected chi connectivity index (χ4v) is 4.48. The predicted molar refractivity (Wildman–Crippen MR) is 92.2 cm³/mol. The summed E-state index contributed by atoms with van der Waals surface area (Å²) in [7, 11) is 0. The number of nitrogens with zero attached hydrogens (tertiary/aromatic N) is 4. The number of rotatable bonds is 2. The van der Waals surface area contributed by atoms with Gasteiger partial charge in [-0.15, -0.1) is 10.2 Å². The van der Waals surface area contributed by atoms with E-state index in [1.165, 1.54) is 43.4 Å². The first-order valence-electron chi connectivity index (χ1n) is 8.63. The molecule has 1 saturated carbocycles. The highest BCUT2D eigenvalue weighted by molar-refractivity contribution is 7.15. The van der Waals surface area contributed by atoms with E-state index in [0.717, 1.165) is 28.4 Å². The molecule has 1 aliphatic carbocycles. The first kappa shape index (κ1) is 15.6. The fourth-order valence-electron chi connectivity index (χ4n) is 3.57. The maximum atomic E-state index is 12.5. The van der Waals surface area contributed by atoms with E-state index in [9.17, 15) is 4.79 Å². The summed E-state index contributed by atoms with van der Waals surface area (Å²) in [5, 5.41) is 20.3. The molecule has 2 amide bonds. The number of aryl methyl sites for hydroxylation is 1. The van der Waals surface area contributed by atoms with Gasteiger partial charge in [0.15, 0.2) is 0 Å². The van der Waals surface area contributed by atoms with Crippen LogP contribution in [0.4, 0.5) is 9.93 Å². The molecular weight excluding hydrogens is 324 g/mol. The molecule has 4 rings (SSSR count). The van der Waals surface area contributed by atoms with Crippen molar-refractivity contribution in [1.82, 2.24) is 25.3 Å². The van der Waals surface area contributed by atoms with Gasteiger partial charge < -0.3 is 4.90 Å². The zero-order chi connectivity index (χ0) is 16.5. The first-order valence-corrected chi connectivity index (χ1v) is 9.44. The van der Waals surface area contributed by atoms with E-state index in [1.807, 2.05) is 11.8 Å². The molecule has 1 fully saturated rings. The van der Waals surface area contributed by atoms with E-state index in [2.05, 4.69) is 25.7 Å². The molecule has 0 spiro atoms. The average molecular weight is 346 g/mol. The second-order valence-corrected chi connectivity index (χ2v) is 7.67. The number of carbonyl (C=O) groups excluding carboxylic acids is 1. The summed E-state index contributed by atoms with van der Waals surface area (Å²) in [4.78, 5) is 14.3. The van der Waals surface area contributed by atoms with Crippen LogP contribution < -0.4 is 5.32 Å². The molecule has 2 aliphatic rings. The van der Waals surface area contributed by atoms with Gasteiger partial charge in [-0.05, 0) is 19.8 Å². The SMILES string of the molecule is Cc1[nH]nc2c1CN(C(=O)Nc1nnc(C3CCCCC3)s1)CC2. The van der Waals surface area contributed by atoms with E-state index >= 15 is 0 Å². The van der Waals surface area contributed by atoms with Crippen LogP contribution in [0.15, 0.2) is 0 Å². The Morgan fingerprint density at radius 1 is 1.29 bits per heavy atom. The van der Waals surface area contributed by atoms with Gasteiger partial charge in [-0.1, -0.05) is 30.6 Å². The summed E-state index contributed by atoms with van der Waals surface area (Å²) in [6.45, 7) is 3.27. The molecule has 2 aromatic heterocycles. The van der Waals surface area contributed by atoms with Gasteiger partial charge in [-0.25, -0.2) is 4.79 Å². The number of nitrogens with one attached hydrogen (secondary N) is 2. The molecular formula is C16H22N6OS. The zero-order valence-electron chi connectivity index (χ0n) is 13.8. The van der Waals surface area contributed by atoms with Gasteiger partial charge in [0.2, 0.25) is 5.13 Å². The van der Waals surface area contributed by atoms with Crippen LogP contribution in [0.3, 0.4) is 0 Å². The van der Waals surface area contributed by atoms with Crippen LogP contribution >= 0.6 is 11.3 Å². The van der Waals surface area contributed by atoms with Crippen molar-refractivity contribution in [2.45, 2.75) is 57.9 Å². The van der Waals surface area contributed by atoms with E-state index in [-0.39, 0.29) is 6.03 Å². The van der Waals surface area contributed by atoms with Gasteiger partial charge in [0.25, 0.3) is 0 Å². The molecule has 0 saturated heterocycles. The smallest absolute Gasteiger partial charge is 0.320 e. The Morgan fingerprint density at radius 2 is 2.12 bits per heavy atom. The van der Waals surface area contributed by atoms with E-state index in [1.54, 1.807) is 0 Å². The van der Waals surface area contributed by atoms with Crippen LogP contribution in [0.25, 0.3) is 0 Å². The van der Waals surface area contributed by atoms with Crippen molar-refractivity contribution in [2.24, 2.45) is 0 Å². The van der Waals surface area contributed by atoms with Crippen LogP contribution in [0, 0.1) is 6.92 Å². The molecule has 7 nitrogen and oxygen atoms in total. The number of aromatic amines is 1. The summed E-state index contributed by atoms with van der Waals surface area (Å²) in [6, 6.07) is -0.104. The van der Waals surface area contributed by atoms with Gasteiger partial charge in [0.05, 0.1) is 12.2 Å². The monoisotopic (exact) mass is 346 g/mol. The summed E-state index contributed by atoms with van der Waals surface area (Å²) in [6.07, 6.45) is 7.03. The topological polar surface area (TPSA) is 86.8 Å². The maximum Gasteiger partial charge on any atom is 0.324 e. The molecule has 0 radical (unpaired) electrons. The minimum absolute atomic E-state index is 0.104. The van der Waals surface area contributed by atoms with Crippen LogP contribution in [-0.4, -0.2) is 37.9 Å². The molecule has 2 aromatic rings. The Labute approximate surface area is 144 Å². The first-order chi connectivity index (χ1) is 11.7. The molecule has 0 aromatic carbocycles. The van der Waals surface area contributed by atoms with Gasteiger partial charge in [-0.3, -0.25) is 10.4 Å². The fraction of sp³-hybridized carbons (Fsp3) is 0.625. The summed E-state index contributed by atoms with van der Waals surface area (Å²) in [5.74, 6) is 0.521. The lowest BCUT2D eigenvalue weighted by molar-refractivity contribution is 0.206. The number of anilines is 1. The highest BCUT2D eigenvalue weighted by atomic mass is 32.1. The van der Waals surface area contributed by atoms with E-state index in [4.69, 9.17) is 0 Å². The van der Waals surface area contributed by atoms with Crippen molar-refractivity contribution in [3.8, 4) is 0 Å². The molecule has 1 aliphatic heterocycles. The average Bonchev–Trinajstić information content (AvgIpc) is 3.23. The highest BCUT2D eigenvalue weighted by Crippen LogP contribution is 2.35. The Balaban J connectivity index is 1.40. The predicted octanol–water partition coefficient (Wildman–Crippen LogP) is 3.21. The van der Waals surface area contributed by atoms with Crippen LogP contribution in [0.2, 0.25) is 0 Å². The molecule has 128 valence electrons. The Bertz CT molecular complexity index is 733. The molecule has 2 N–H and O–H groups in total. The summed E-state index contributed by atoms with van der Waals surface area (Å²) < 4.78 is 0. The molecule has 24 heavy (non-hydrogen) atoms. The standard InChI is InChI=1S/C16H22N6OS/c1-10-12-9-22(8-7-13(12)19-18-10)16(23)17-15-21-20-14(24-15)11-5-3-2-4-6-11/h11H,2-9H2,1H3,(H,18,19)(H,17,21,23). The number of H-pyrrole nitrogens is 1. The number of aromatic nitrogens is 4. The number of hydrogen-bond donors (Lipinski definition) is 2. The van der Waals surface area contributed by atoms with Gasteiger partial charge in [0, 0.05) is 30.1 Å². The van der Waals surface area contributed by atoms with Crippen molar-refractivity contribution >= 4 is 22.5 Å². The Hall–Kier alpha value is -1.96. The van der Waals surface area contributed by atoms with Gasteiger partial charge >= 0.3 is 6.03 Å². The number of hydrogen-bond acceptors (Lipinski definition) is 5. The summed E-state index contributed by atoms with van der Waals surface area (Å²) >= 11 is 1.52. The molecule has 0 atom stereocenters. The van der Waals surface area contributed by atoms with Crippen molar-refractivity contribution in [1.29, 1.82) is 0 Å². The second-order valence-electron chi connectivity index (χ2n) is 6.66. The lowest BCUT2D eigenvalue weighted by Crippen LogP contribution is -2.38. The highest BCUT2D eigenvalue weighted by Gasteiger charge is 2.25. The van der Waals surface area contributed by atoms with Gasteiger partial charge in [0.1, 0.15) is 5.01 Å². The lowest BCUT2D eigenvalue weighted by Gasteiger charge is -2.26. The van der Waals surface area contributed by atoms with Gasteiger partial charge in [-0.2, -0.15) is 5.10 Å². The molecule has 8 heteroatoms. The third-order valence-electron chi connectivity index (χ3n) is 5.02. The minimum atomic E-state index is -0.104. The Kier molecular flexibility index (Phi) is 4.22. The van der Waals surface area contributed by atoms with Crippen LogP contribution in [-0.2, 0) is 13.0 Å². The van der Waals surface area contributed by atoms with Crippen LogP contribution in [0.1, 0.15) is 60.0 Å². The maximum absolute atomic E-state index is 12.5. The van der Waals surface area contributed by atoms with E-state index < -0.39 is 0 Å². The molecule has 0 bridgehead atoms. The zero-order valence-corrected chi connectivity index (χ0v) is 14.7. The number of fused-ring (bicyclic) bond motifs is 1. The third kappa shape index (κ3) is 3.02. The van der Waals surface area contributed by atoms with Crippen LogP contribution in [0.5, 0.6) is 0 Å². The quantitative estimate of drug-likeness (QED) is 0.874. The van der Waals surface area contributed by atoms with Crippen molar-refractivity contribution in [3.63, 3.8) is 0 Å². The lowest BCUT2D eigenvalue weighted by atomic mass is 9.90. The van der Waals surface area contributed by atoms with E-state index in [0.29, 0.717) is 24.1 Å². The van der Waals surface area contributed by atoms with Crippen molar-refractivity contribution in [2.75, 3.05) is 11.9 Å². The largest absolute Gasteiger partial charge is 0.324 e. The molecule has 0 unspecified atom stereocenters. The number of urea groups is 1. The number of amides is 2. The number of carbonyl (C=O) groups is 1. The second kappa shape index (κ2) is 6.51. The van der Waals surface area contributed by atoms with Crippen molar-refractivity contribution in [3.05, 3.63) is 22.0 Å². The molecule has 3 heterocycles. The minimum Gasteiger partial charge on any atom is -0.320 e. The normalized spacial score (nSPS) is 18.5. The Morgan fingerprint density at radius 3 is 2.96 bits per heavy atom. The third-order valence-corrected chi connectivity index (χ3v) is 6.02. The summed E-state index contributed by atoms with van der Waals surface area (Å²) in [5.41, 5.74) is 3.25.